The van der Waals surface area contributed by atoms with Crippen LogP contribution in [0.1, 0.15) is 28.4 Å². The van der Waals surface area contributed by atoms with Gasteiger partial charge in [-0.15, -0.1) is 0 Å². The van der Waals surface area contributed by atoms with Crippen molar-refractivity contribution in [3.05, 3.63) is 59.2 Å². The van der Waals surface area contributed by atoms with E-state index in [2.05, 4.69) is 4.72 Å². The zero-order chi connectivity index (χ0) is 20.9. The van der Waals surface area contributed by atoms with E-state index < -0.39 is 21.9 Å². The Morgan fingerprint density at radius 3 is 2.25 bits per heavy atom. The van der Waals surface area contributed by atoms with Crippen LogP contribution in [0.4, 0.5) is 5.69 Å². The molecule has 0 aliphatic heterocycles. The largest absolute Gasteiger partial charge is 0.465 e. The van der Waals surface area contributed by atoms with Gasteiger partial charge in [0.1, 0.15) is 6.54 Å². The van der Waals surface area contributed by atoms with Gasteiger partial charge in [-0.1, -0.05) is 6.07 Å². The minimum Gasteiger partial charge on any atom is -0.465 e. The highest BCUT2D eigenvalue weighted by Crippen LogP contribution is 2.19. The Labute approximate surface area is 165 Å². The third-order valence-corrected chi connectivity index (χ3v) is 5.59. The number of esters is 1. The monoisotopic (exact) mass is 404 g/mol. The Morgan fingerprint density at radius 2 is 1.68 bits per heavy atom. The molecule has 0 spiro atoms. The Hall–Kier alpha value is -2.87. The molecule has 2 aromatic rings. The number of likely N-dealkylation sites (N-methyl/N-ethyl adjacent to an activating group) is 1. The predicted octanol–water partition coefficient (Wildman–Crippen LogP) is 2.74. The fourth-order valence-electron chi connectivity index (χ4n) is 2.49. The third-order valence-electron chi connectivity index (χ3n) is 4.19. The van der Waals surface area contributed by atoms with Gasteiger partial charge in [-0.2, -0.15) is 0 Å². The lowest BCUT2D eigenvalue weighted by molar-refractivity contribution is -0.143. The Kier molecular flexibility index (Phi) is 6.80. The van der Waals surface area contributed by atoms with Crippen molar-refractivity contribution < 1.29 is 22.7 Å². The van der Waals surface area contributed by atoms with Gasteiger partial charge < -0.3 is 9.64 Å². The zero-order valence-corrected chi connectivity index (χ0v) is 17.2. The Balaban J connectivity index is 2.12. The van der Waals surface area contributed by atoms with E-state index in [1.807, 2.05) is 19.9 Å². The molecule has 28 heavy (non-hydrogen) atoms. The smallest absolute Gasteiger partial charge is 0.325 e. The number of carbonyl (C=O) groups excluding carboxylic acids is 2. The number of hydrogen-bond acceptors (Lipinski definition) is 5. The zero-order valence-electron chi connectivity index (χ0n) is 16.4. The fraction of sp³-hybridized carbons (Fsp3) is 0.300. The summed E-state index contributed by atoms with van der Waals surface area (Å²) in [5, 5.41) is 0. The summed E-state index contributed by atoms with van der Waals surface area (Å²) < 4.78 is 32.5. The van der Waals surface area contributed by atoms with Crippen molar-refractivity contribution in [2.24, 2.45) is 0 Å². The van der Waals surface area contributed by atoms with Gasteiger partial charge in [-0.05, 0) is 68.3 Å². The summed E-state index contributed by atoms with van der Waals surface area (Å²) in [6.07, 6.45) is 0. The van der Waals surface area contributed by atoms with Crippen LogP contribution < -0.4 is 4.72 Å². The number of amides is 1. The Morgan fingerprint density at radius 1 is 1.04 bits per heavy atom. The van der Waals surface area contributed by atoms with Crippen molar-refractivity contribution in [1.29, 1.82) is 0 Å². The van der Waals surface area contributed by atoms with Crippen LogP contribution in [0, 0.1) is 13.8 Å². The highest BCUT2D eigenvalue weighted by molar-refractivity contribution is 7.92. The van der Waals surface area contributed by atoms with Gasteiger partial charge in [0, 0.05) is 18.3 Å². The molecule has 0 saturated carbocycles. The summed E-state index contributed by atoms with van der Waals surface area (Å²) in [4.78, 5) is 25.1. The number of aryl methyl sites for hydroxylation is 2. The van der Waals surface area contributed by atoms with Crippen LogP contribution in [0.2, 0.25) is 0 Å². The summed E-state index contributed by atoms with van der Waals surface area (Å²) in [5.41, 5.74) is 2.79. The van der Waals surface area contributed by atoms with E-state index in [-0.39, 0.29) is 23.6 Å². The van der Waals surface area contributed by atoms with E-state index in [9.17, 15) is 18.0 Å². The maximum atomic E-state index is 12.6. The van der Waals surface area contributed by atoms with E-state index in [1.54, 1.807) is 19.1 Å². The molecular weight excluding hydrogens is 380 g/mol. The first-order valence-electron chi connectivity index (χ1n) is 8.75. The highest BCUT2D eigenvalue weighted by Gasteiger charge is 2.18. The van der Waals surface area contributed by atoms with E-state index in [1.165, 1.54) is 36.2 Å². The van der Waals surface area contributed by atoms with E-state index in [0.29, 0.717) is 5.69 Å². The molecule has 0 aromatic heterocycles. The van der Waals surface area contributed by atoms with Crippen molar-refractivity contribution in [3.8, 4) is 0 Å². The van der Waals surface area contributed by atoms with Gasteiger partial charge in [0.2, 0.25) is 0 Å². The van der Waals surface area contributed by atoms with E-state index in [0.717, 1.165) is 11.1 Å². The minimum absolute atomic E-state index is 0.0373. The fourth-order valence-corrected chi connectivity index (χ4v) is 3.54. The van der Waals surface area contributed by atoms with Gasteiger partial charge in [0.15, 0.2) is 0 Å². The summed E-state index contributed by atoms with van der Waals surface area (Å²) >= 11 is 0. The number of nitrogens with zero attached hydrogens (tertiary/aromatic N) is 1. The molecule has 0 fully saturated rings. The molecule has 2 aromatic carbocycles. The van der Waals surface area contributed by atoms with Crippen molar-refractivity contribution in [3.63, 3.8) is 0 Å². The van der Waals surface area contributed by atoms with Crippen LogP contribution in [0.15, 0.2) is 47.4 Å². The molecule has 1 amide bonds. The van der Waals surface area contributed by atoms with Crippen LogP contribution >= 0.6 is 0 Å². The number of hydrogen-bond donors (Lipinski definition) is 1. The van der Waals surface area contributed by atoms with Crippen LogP contribution in [0.5, 0.6) is 0 Å². The number of sulfonamides is 1. The van der Waals surface area contributed by atoms with Crippen molar-refractivity contribution >= 4 is 27.6 Å². The molecule has 150 valence electrons. The average molecular weight is 404 g/mol. The second kappa shape index (κ2) is 8.88. The first kappa shape index (κ1) is 21.4. The number of ether oxygens (including phenoxy) is 1. The van der Waals surface area contributed by atoms with E-state index >= 15 is 0 Å². The second-order valence-corrected chi connectivity index (χ2v) is 8.08. The summed E-state index contributed by atoms with van der Waals surface area (Å²) in [5.74, 6) is -0.908. The first-order chi connectivity index (χ1) is 13.1. The number of carbonyl (C=O) groups is 2. The quantitative estimate of drug-likeness (QED) is 0.717. The second-order valence-electron chi connectivity index (χ2n) is 6.40. The van der Waals surface area contributed by atoms with Gasteiger partial charge in [-0.25, -0.2) is 8.42 Å². The van der Waals surface area contributed by atoms with Crippen molar-refractivity contribution in [2.45, 2.75) is 25.7 Å². The number of anilines is 1. The molecule has 0 heterocycles. The molecule has 0 atom stereocenters. The molecule has 2 rings (SSSR count). The SMILES string of the molecule is CCOC(=O)CN(C)C(=O)c1ccc(S(=O)(=O)Nc2ccc(C)c(C)c2)cc1. The molecule has 0 unspecified atom stereocenters. The topological polar surface area (TPSA) is 92.8 Å². The standard InChI is InChI=1S/C20H24N2O5S/c1-5-27-19(23)13-22(4)20(24)16-7-10-18(11-8-16)28(25,26)21-17-9-6-14(2)15(3)12-17/h6-12,21H,5,13H2,1-4H3. The lowest BCUT2D eigenvalue weighted by atomic mass is 10.1. The molecule has 1 N–H and O–H groups in total. The molecule has 0 saturated heterocycles. The number of rotatable bonds is 7. The van der Waals surface area contributed by atoms with Gasteiger partial charge in [0.05, 0.1) is 11.5 Å². The predicted molar refractivity (Wildman–Crippen MR) is 107 cm³/mol. The molecule has 0 bridgehead atoms. The summed E-state index contributed by atoms with van der Waals surface area (Å²) in [6, 6.07) is 10.8. The molecule has 0 aliphatic rings. The molecule has 0 aliphatic carbocycles. The lowest BCUT2D eigenvalue weighted by Crippen LogP contribution is -2.33. The van der Waals surface area contributed by atoms with Crippen LogP contribution in [0.25, 0.3) is 0 Å². The van der Waals surface area contributed by atoms with Crippen molar-refractivity contribution in [1.82, 2.24) is 4.90 Å². The number of benzene rings is 2. The molecule has 7 nitrogen and oxygen atoms in total. The molecular formula is C20H24N2O5S. The van der Waals surface area contributed by atoms with Crippen LogP contribution in [-0.4, -0.2) is 45.4 Å². The van der Waals surface area contributed by atoms with Gasteiger partial charge in [0.25, 0.3) is 15.9 Å². The van der Waals surface area contributed by atoms with Crippen LogP contribution in [-0.2, 0) is 19.6 Å². The minimum atomic E-state index is -3.78. The first-order valence-corrected chi connectivity index (χ1v) is 10.2. The number of nitrogens with one attached hydrogen (secondary N) is 1. The summed E-state index contributed by atoms with van der Waals surface area (Å²) in [6.45, 7) is 5.59. The lowest BCUT2D eigenvalue weighted by Gasteiger charge is -2.16. The Bertz CT molecular complexity index is 969. The molecule has 0 radical (unpaired) electrons. The van der Waals surface area contributed by atoms with E-state index in [4.69, 9.17) is 4.74 Å². The van der Waals surface area contributed by atoms with Gasteiger partial charge in [-0.3, -0.25) is 14.3 Å². The molecule has 8 heteroatoms. The summed E-state index contributed by atoms with van der Waals surface area (Å²) in [7, 11) is -2.30. The highest BCUT2D eigenvalue weighted by atomic mass is 32.2. The normalized spacial score (nSPS) is 11.0. The maximum Gasteiger partial charge on any atom is 0.325 e. The van der Waals surface area contributed by atoms with Crippen LogP contribution in [0.3, 0.4) is 0 Å². The maximum absolute atomic E-state index is 12.6. The average Bonchev–Trinajstić information content (AvgIpc) is 2.64. The van der Waals surface area contributed by atoms with Gasteiger partial charge >= 0.3 is 5.97 Å². The third kappa shape index (κ3) is 5.32. The van der Waals surface area contributed by atoms with Crippen molar-refractivity contribution in [2.75, 3.05) is 24.9 Å².